The maximum atomic E-state index is 11.3. The molecule has 0 radical (unpaired) electrons. The molecule has 0 aliphatic carbocycles. The third-order valence-electron chi connectivity index (χ3n) is 4.11. The summed E-state index contributed by atoms with van der Waals surface area (Å²) in [7, 11) is 0. The third kappa shape index (κ3) is 3.88. The van der Waals surface area contributed by atoms with Crippen LogP contribution in [0.3, 0.4) is 0 Å². The van der Waals surface area contributed by atoms with Crippen molar-refractivity contribution in [2.24, 2.45) is 0 Å². The van der Waals surface area contributed by atoms with Crippen molar-refractivity contribution in [1.82, 2.24) is 5.32 Å². The highest BCUT2D eigenvalue weighted by Gasteiger charge is 2.25. The molecule has 0 bridgehead atoms. The van der Waals surface area contributed by atoms with Crippen molar-refractivity contribution < 1.29 is 24.3 Å². The molecular formula is C21H16N2O5. The smallest absolute Gasteiger partial charge is 0.258 e. The van der Waals surface area contributed by atoms with Gasteiger partial charge in [-0.05, 0) is 42.3 Å². The first-order valence-electron chi connectivity index (χ1n) is 8.35. The fraction of sp³-hybridized carbons (Fsp3) is 0.0476. The van der Waals surface area contributed by atoms with Gasteiger partial charge in [-0.3, -0.25) is 24.5 Å². The van der Waals surface area contributed by atoms with Crippen LogP contribution in [-0.2, 0) is 19.2 Å². The standard InChI is InChI=1S/C11H9NO2.C10H7NO3/c1-7-4-2-3-5-8(7)9-6-10(13)12-11(9)14;12-8-3-1-7(2-4-8)11-9(13)5-6-10(11)14/h2-6H,1H3,(H,12,13,14);1-6,12H. The van der Waals surface area contributed by atoms with E-state index in [0.29, 0.717) is 11.3 Å². The first-order valence-corrected chi connectivity index (χ1v) is 8.35. The third-order valence-corrected chi connectivity index (χ3v) is 4.11. The predicted octanol–water partition coefficient (Wildman–Crippen LogP) is 1.86. The topological polar surface area (TPSA) is 104 Å². The average molecular weight is 376 g/mol. The normalized spacial score (nSPS) is 15.3. The highest BCUT2D eigenvalue weighted by molar-refractivity contribution is 6.33. The molecule has 0 spiro atoms. The van der Waals surface area contributed by atoms with E-state index in [-0.39, 0.29) is 29.4 Å². The van der Waals surface area contributed by atoms with Gasteiger partial charge in [0.25, 0.3) is 23.6 Å². The van der Waals surface area contributed by atoms with Gasteiger partial charge in [0.1, 0.15) is 5.75 Å². The Balaban J connectivity index is 0.000000161. The van der Waals surface area contributed by atoms with E-state index in [9.17, 15) is 19.2 Å². The molecule has 2 aromatic rings. The molecule has 0 unspecified atom stereocenters. The van der Waals surface area contributed by atoms with Crippen LogP contribution in [0, 0.1) is 6.92 Å². The van der Waals surface area contributed by atoms with Gasteiger partial charge in [0.05, 0.1) is 11.3 Å². The molecular weight excluding hydrogens is 360 g/mol. The van der Waals surface area contributed by atoms with Gasteiger partial charge in [0.2, 0.25) is 0 Å². The van der Waals surface area contributed by atoms with Gasteiger partial charge < -0.3 is 5.11 Å². The van der Waals surface area contributed by atoms with Crippen LogP contribution in [0.2, 0.25) is 0 Å². The van der Waals surface area contributed by atoms with Crippen molar-refractivity contribution in [3.8, 4) is 5.75 Å². The summed E-state index contributed by atoms with van der Waals surface area (Å²) in [6, 6.07) is 13.4. The molecule has 7 nitrogen and oxygen atoms in total. The van der Waals surface area contributed by atoms with E-state index in [0.717, 1.165) is 16.0 Å². The number of phenolic OH excluding ortho intramolecular Hbond substituents is 1. The minimum atomic E-state index is -0.360. The van der Waals surface area contributed by atoms with Crippen molar-refractivity contribution in [1.29, 1.82) is 0 Å². The van der Waals surface area contributed by atoms with Crippen LogP contribution in [0.15, 0.2) is 66.8 Å². The summed E-state index contributed by atoms with van der Waals surface area (Å²) in [6.45, 7) is 1.91. The lowest BCUT2D eigenvalue weighted by Crippen LogP contribution is -2.29. The molecule has 2 aliphatic heterocycles. The number of phenols is 1. The number of nitrogens with zero attached hydrogens (tertiary/aromatic N) is 1. The molecule has 0 fully saturated rings. The van der Waals surface area contributed by atoms with Gasteiger partial charge in [-0.25, -0.2) is 4.90 Å². The van der Waals surface area contributed by atoms with Crippen LogP contribution >= 0.6 is 0 Å². The van der Waals surface area contributed by atoms with Gasteiger partial charge in [-0.15, -0.1) is 0 Å². The quantitative estimate of drug-likeness (QED) is 0.779. The number of hydrogen-bond donors (Lipinski definition) is 2. The Labute approximate surface area is 160 Å². The number of carbonyl (C=O) groups excluding carboxylic acids is 4. The molecule has 4 rings (SSSR count). The Hall–Kier alpha value is -4.00. The summed E-state index contributed by atoms with van der Waals surface area (Å²) in [6.07, 6.45) is 3.77. The summed E-state index contributed by atoms with van der Waals surface area (Å²) < 4.78 is 0. The molecule has 2 aromatic carbocycles. The molecule has 0 atom stereocenters. The Kier molecular flexibility index (Phi) is 5.17. The van der Waals surface area contributed by atoms with Crippen molar-refractivity contribution in [2.75, 3.05) is 4.90 Å². The lowest BCUT2D eigenvalue weighted by atomic mass is 10.0. The monoisotopic (exact) mass is 376 g/mol. The van der Waals surface area contributed by atoms with Crippen molar-refractivity contribution in [2.45, 2.75) is 6.92 Å². The van der Waals surface area contributed by atoms with Gasteiger partial charge in [0, 0.05) is 18.2 Å². The molecule has 140 valence electrons. The summed E-state index contributed by atoms with van der Waals surface area (Å²) >= 11 is 0. The second kappa shape index (κ2) is 7.71. The minimum absolute atomic E-state index is 0.0980. The van der Waals surface area contributed by atoms with Crippen LogP contribution in [-0.4, -0.2) is 28.7 Å². The van der Waals surface area contributed by atoms with Gasteiger partial charge in [-0.1, -0.05) is 24.3 Å². The van der Waals surface area contributed by atoms with Crippen molar-refractivity contribution >= 4 is 34.9 Å². The van der Waals surface area contributed by atoms with E-state index in [1.54, 1.807) is 0 Å². The van der Waals surface area contributed by atoms with Crippen LogP contribution in [0.5, 0.6) is 5.75 Å². The van der Waals surface area contributed by atoms with Gasteiger partial charge in [-0.2, -0.15) is 0 Å². The number of imide groups is 2. The zero-order valence-electron chi connectivity index (χ0n) is 14.9. The molecule has 0 saturated carbocycles. The number of carbonyl (C=O) groups is 4. The molecule has 2 aliphatic rings. The first kappa shape index (κ1) is 18.8. The molecule has 2 heterocycles. The predicted molar refractivity (Wildman–Crippen MR) is 102 cm³/mol. The lowest BCUT2D eigenvalue weighted by Gasteiger charge is -2.13. The van der Waals surface area contributed by atoms with E-state index in [4.69, 9.17) is 5.11 Å². The number of benzene rings is 2. The second-order valence-corrected chi connectivity index (χ2v) is 6.05. The number of aromatic hydroxyl groups is 1. The van der Waals surface area contributed by atoms with E-state index >= 15 is 0 Å². The molecule has 7 heteroatoms. The molecule has 4 amide bonds. The number of aryl methyl sites for hydroxylation is 1. The summed E-state index contributed by atoms with van der Waals surface area (Å²) in [5, 5.41) is 11.2. The average Bonchev–Trinajstić information content (AvgIpc) is 3.18. The molecule has 0 saturated heterocycles. The van der Waals surface area contributed by atoms with E-state index < -0.39 is 0 Å². The number of hydrogen-bond acceptors (Lipinski definition) is 5. The highest BCUT2D eigenvalue weighted by Crippen LogP contribution is 2.22. The summed E-state index contributed by atoms with van der Waals surface area (Å²) in [5.74, 6) is -1.28. The molecule has 2 N–H and O–H groups in total. The number of nitrogens with one attached hydrogen (secondary N) is 1. The fourth-order valence-electron chi connectivity index (χ4n) is 2.74. The number of anilines is 1. The van der Waals surface area contributed by atoms with Crippen LogP contribution in [0.25, 0.3) is 5.57 Å². The second-order valence-electron chi connectivity index (χ2n) is 6.05. The minimum Gasteiger partial charge on any atom is -0.508 e. The van der Waals surface area contributed by atoms with Crippen LogP contribution < -0.4 is 10.2 Å². The highest BCUT2D eigenvalue weighted by atomic mass is 16.3. The number of amides is 4. The van der Waals surface area contributed by atoms with Gasteiger partial charge in [0.15, 0.2) is 0 Å². The molecule has 0 aromatic heterocycles. The van der Waals surface area contributed by atoms with Crippen molar-refractivity contribution in [3.05, 3.63) is 77.9 Å². The number of rotatable bonds is 2. The maximum absolute atomic E-state index is 11.3. The summed E-state index contributed by atoms with van der Waals surface area (Å²) in [4.78, 5) is 45.8. The Morgan fingerprint density at radius 3 is 2.00 bits per heavy atom. The largest absolute Gasteiger partial charge is 0.508 e. The fourth-order valence-corrected chi connectivity index (χ4v) is 2.74. The van der Waals surface area contributed by atoms with Crippen LogP contribution in [0.1, 0.15) is 11.1 Å². The van der Waals surface area contributed by atoms with E-state index in [1.165, 1.54) is 42.5 Å². The SMILES string of the molecule is Cc1ccccc1C1=CC(=O)NC1=O.O=C1C=CC(=O)N1c1ccc(O)cc1. The van der Waals surface area contributed by atoms with Crippen molar-refractivity contribution in [3.63, 3.8) is 0 Å². The van der Waals surface area contributed by atoms with Gasteiger partial charge >= 0.3 is 0 Å². The van der Waals surface area contributed by atoms with E-state index in [2.05, 4.69) is 5.32 Å². The zero-order valence-corrected chi connectivity index (χ0v) is 14.9. The zero-order chi connectivity index (χ0) is 20.3. The Bertz CT molecular complexity index is 1020. The maximum Gasteiger partial charge on any atom is 0.258 e. The molecule has 28 heavy (non-hydrogen) atoms. The first-order chi connectivity index (χ1) is 13.4. The Morgan fingerprint density at radius 2 is 1.46 bits per heavy atom. The van der Waals surface area contributed by atoms with Crippen LogP contribution in [0.4, 0.5) is 5.69 Å². The summed E-state index contributed by atoms with van der Waals surface area (Å²) in [5.41, 5.74) is 2.72. The Morgan fingerprint density at radius 1 is 0.857 bits per heavy atom. The lowest BCUT2D eigenvalue weighted by molar-refractivity contribution is -0.123. The van der Waals surface area contributed by atoms with E-state index in [1.807, 2.05) is 31.2 Å².